The van der Waals surface area contributed by atoms with E-state index >= 15 is 0 Å². The highest BCUT2D eigenvalue weighted by Gasteiger charge is 2.33. The van der Waals surface area contributed by atoms with Gasteiger partial charge in [0.1, 0.15) is 12.7 Å². The zero-order valence-corrected chi connectivity index (χ0v) is 20.9. The van der Waals surface area contributed by atoms with Gasteiger partial charge in [0.25, 0.3) is 10.2 Å². The third-order valence-electron chi connectivity index (χ3n) is 6.06. The van der Waals surface area contributed by atoms with E-state index in [1.54, 1.807) is 25.4 Å². The van der Waals surface area contributed by atoms with Crippen molar-refractivity contribution < 1.29 is 29.7 Å². The molecule has 1 aromatic carbocycles. The summed E-state index contributed by atoms with van der Waals surface area (Å²) in [5.41, 5.74) is 3.70. The number of rotatable bonds is 9. The standard InChI is InChI=1S/C24H31ClN4O5/c1-15-21(18(23(30)31)7-6-12-34-27-29(32)28(5)24(2,3)4)20-14-33-22(19(20)13-26-15)16-8-10-17(25)11-9-16/h8-11,13,18,22H,6-7,12,14H2,1-5H3,(H-,27,30,31,32)/p+1. The first-order chi connectivity index (χ1) is 16.0. The molecular formula is C24H32ClN4O5+. The van der Waals surface area contributed by atoms with Gasteiger partial charge in [0.2, 0.25) is 0 Å². The summed E-state index contributed by atoms with van der Waals surface area (Å²) in [6.07, 6.45) is 2.21. The lowest BCUT2D eigenvalue weighted by Gasteiger charge is -2.21. The van der Waals surface area contributed by atoms with Gasteiger partial charge in [-0.15, -0.1) is 5.01 Å². The van der Waals surface area contributed by atoms with Crippen LogP contribution in [0.3, 0.4) is 0 Å². The number of hydrazine groups is 1. The van der Waals surface area contributed by atoms with Gasteiger partial charge in [0.15, 0.2) is 0 Å². The number of hydrogen-bond acceptors (Lipinski definition) is 5. The van der Waals surface area contributed by atoms with Crippen molar-refractivity contribution in [2.24, 2.45) is 5.28 Å². The SMILES string of the molecule is Cc1ncc2c(c1C(CCCO/N=[N+](\O)N(C)C(C)(C)C)C(=O)O)COC2c1ccc(Cl)cc1. The van der Waals surface area contributed by atoms with Crippen LogP contribution < -0.4 is 0 Å². The van der Waals surface area contributed by atoms with Crippen LogP contribution in [0.1, 0.15) is 73.6 Å². The van der Waals surface area contributed by atoms with Crippen LogP contribution in [-0.2, 0) is 21.0 Å². The number of aliphatic carboxylic acids is 1. The smallest absolute Gasteiger partial charge is 0.311 e. The second-order valence-corrected chi connectivity index (χ2v) is 9.78. The molecule has 1 aliphatic rings. The number of halogens is 1. The first kappa shape index (κ1) is 25.7. The van der Waals surface area contributed by atoms with E-state index in [-0.39, 0.29) is 18.2 Å². The van der Waals surface area contributed by atoms with Crippen LogP contribution in [0.15, 0.2) is 35.7 Å². The zero-order chi connectivity index (χ0) is 25.0. The lowest BCUT2D eigenvalue weighted by Crippen LogP contribution is -2.43. The molecule has 0 bridgehead atoms. The fourth-order valence-corrected chi connectivity index (χ4v) is 3.99. The predicted molar refractivity (Wildman–Crippen MR) is 125 cm³/mol. The topological polar surface area (TPSA) is 107 Å². The number of benzene rings is 1. The molecule has 2 unspecified atom stereocenters. The molecule has 0 saturated heterocycles. The summed E-state index contributed by atoms with van der Waals surface area (Å²) in [6.45, 7) is 8.04. The van der Waals surface area contributed by atoms with E-state index in [9.17, 15) is 15.1 Å². The van der Waals surface area contributed by atoms with Crippen molar-refractivity contribution >= 4 is 17.6 Å². The number of aryl methyl sites for hydroxylation is 1. The second-order valence-electron chi connectivity index (χ2n) is 9.34. The molecule has 1 aromatic heterocycles. The van der Waals surface area contributed by atoms with Crippen LogP contribution in [0.2, 0.25) is 5.02 Å². The van der Waals surface area contributed by atoms with E-state index < -0.39 is 11.9 Å². The minimum Gasteiger partial charge on any atom is -0.481 e. The molecule has 0 saturated carbocycles. The van der Waals surface area contributed by atoms with Gasteiger partial charge in [0, 0.05) is 22.5 Å². The largest absolute Gasteiger partial charge is 0.481 e. The number of carboxylic acids is 1. The Morgan fingerprint density at radius 3 is 2.68 bits per heavy atom. The summed E-state index contributed by atoms with van der Waals surface area (Å²) >= 11 is 6.01. The Labute approximate surface area is 204 Å². The highest BCUT2D eigenvalue weighted by atomic mass is 35.5. The molecule has 184 valence electrons. The number of carbonyl (C=O) groups is 1. The maximum Gasteiger partial charge on any atom is 0.311 e. The molecule has 2 atom stereocenters. The van der Waals surface area contributed by atoms with Crippen molar-refractivity contribution in [3.63, 3.8) is 0 Å². The van der Waals surface area contributed by atoms with Crippen molar-refractivity contribution in [2.75, 3.05) is 13.7 Å². The predicted octanol–water partition coefficient (Wildman–Crippen LogP) is 5.04. The van der Waals surface area contributed by atoms with Crippen molar-refractivity contribution in [3.05, 3.63) is 63.4 Å². The van der Waals surface area contributed by atoms with Gasteiger partial charge in [-0.25, -0.2) is 5.21 Å². The third kappa shape index (κ3) is 5.77. The Hall–Kier alpha value is -2.91. The number of fused-ring (bicyclic) bond motifs is 1. The van der Waals surface area contributed by atoms with E-state index in [1.807, 2.05) is 39.8 Å². The molecule has 0 amide bonds. The number of pyridine rings is 1. The Morgan fingerprint density at radius 2 is 2.06 bits per heavy atom. The van der Waals surface area contributed by atoms with Crippen molar-refractivity contribution in [1.82, 2.24) is 9.99 Å². The van der Waals surface area contributed by atoms with E-state index in [4.69, 9.17) is 21.2 Å². The van der Waals surface area contributed by atoms with Gasteiger partial charge < -0.3 is 14.7 Å². The average Bonchev–Trinajstić information content (AvgIpc) is 3.20. The molecule has 2 N–H and O–H groups in total. The van der Waals surface area contributed by atoms with Crippen molar-refractivity contribution in [2.45, 2.75) is 64.7 Å². The number of ether oxygens (including phenoxy) is 1. The Balaban J connectivity index is 1.73. The summed E-state index contributed by atoms with van der Waals surface area (Å²) in [7, 11) is 1.68. The number of nitrogens with zero attached hydrogens (tertiary/aromatic N) is 4. The number of aromatic nitrogens is 1. The summed E-state index contributed by atoms with van der Waals surface area (Å²) in [5, 5.41) is 25.7. The molecule has 3 rings (SSSR count). The lowest BCUT2D eigenvalue weighted by molar-refractivity contribution is -0.946. The van der Waals surface area contributed by atoms with E-state index in [0.717, 1.165) is 16.7 Å². The Kier molecular flexibility index (Phi) is 7.99. The number of carboxylic acid groups (broad SMARTS) is 1. The summed E-state index contributed by atoms with van der Waals surface area (Å²) < 4.78 is 6.04. The first-order valence-electron chi connectivity index (χ1n) is 11.1. The molecule has 1 aliphatic heterocycles. The summed E-state index contributed by atoms with van der Waals surface area (Å²) in [4.78, 5) is 22.5. The van der Waals surface area contributed by atoms with Crippen molar-refractivity contribution in [1.29, 1.82) is 0 Å². The molecule has 9 nitrogen and oxygen atoms in total. The van der Waals surface area contributed by atoms with E-state index in [1.165, 1.54) is 5.01 Å². The molecule has 10 heteroatoms. The maximum atomic E-state index is 12.2. The molecule has 0 aliphatic carbocycles. The molecule has 34 heavy (non-hydrogen) atoms. The third-order valence-corrected chi connectivity index (χ3v) is 6.31. The van der Waals surface area contributed by atoms with E-state index in [2.05, 4.69) is 10.3 Å². The molecule has 2 heterocycles. The Bertz CT molecular complexity index is 1050. The zero-order valence-electron chi connectivity index (χ0n) is 20.2. The van der Waals surface area contributed by atoms with Gasteiger partial charge in [0.05, 0.1) is 25.1 Å². The molecule has 2 aromatic rings. The van der Waals surface area contributed by atoms with Crippen LogP contribution in [-0.4, -0.2) is 50.4 Å². The highest BCUT2D eigenvalue weighted by Crippen LogP contribution is 2.41. The minimum atomic E-state index is -0.929. The first-order valence-corrected chi connectivity index (χ1v) is 11.5. The van der Waals surface area contributed by atoms with Crippen LogP contribution >= 0.6 is 11.6 Å². The van der Waals surface area contributed by atoms with Gasteiger partial charge in [-0.05, 0) is 69.4 Å². The number of hydrogen-bond donors (Lipinski definition) is 2. The molecule has 0 fully saturated rings. The fourth-order valence-electron chi connectivity index (χ4n) is 3.87. The van der Waals surface area contributed by atoms with Crippen LogP contribution in [0.25, 0.3) is 0 Å². The molecular weight excluding hydrogens is 460 g/mol. The summed E-state index contributed by atoms with van der Waals surface area (Å²) in [6, 6.07) is 7.41. The lowest BCUT2D eigenvalue weighted by atomic mass is 9.87. The van der Waals surface area contributed by atoms with Crippen LogP contribution in [0.5, 0.6) is 0 Å². The van der Waals surface area contributed by atoms with Gasteiger partial charge in [-0.2, -0.15) is 0 Å². The fraction of sp³-hybridized carbons (Fsp3) is 0.500. The molecule has 0 spiro atoms. The maximum absolute atomic E-state index is 12.2. The van der Waals surface area contributed by atoms with Gasteiger partial charge >= 0.3 is 5.97 Å². The molecule has 0 radical (unpaired) electrons. The van der Waals surface area contributed by atoms with Gasteiger partial charge in [-0.1, -0.05) is 23.7 Å². The monoisotopic (exact) mass is 491 g/mol. The second kappa shape index (κ2) is 10.6. The van der Waals surface area contributed by atoms with Crippen LogP contribution in [0.4, 0.5) is 0 Å². The average molecular weight is 492 g/mol. The quantitative estimate of drug-likeness (QED) is 0.219. The van der Waals surface area contributed by atoms with Crippen LogP contribution in [0, 0.1) is 6.92 Å². The Morgan fingerprint density at radius 1 is 1.38 bits per heavy atom. The van der Waals surface area contributed by atoms with Gasteiger partial charge in [-0.3, -0.25) is 9.78 Å². The highest BCUT2D eigenvalue weighted by molar-refractivity contribution is 6.30. The summed E-state index contributed by atoms with van der Waals surface area (Å²) in [5.74, 6) is -1.69. The van der Waals surface area contributed by atoms with Crippen molar-refractivity contribution in [3.8, 4) is 0 Å². The minimum absolute atomic E-state index is 0.157. The van der Waals surface area contributed by atoms with E-state index in [0.29, 0.717) is 40.7 Å². The normalized spacial score (nSPS) is 16.8.